The summed E-state index contributed by atoms with van der Waals surface area (Å²) in [4.78, 5) is 9.29. The largest absolute Gasteiger partial charge is 0.349 e. The predicted octanol–water partition coefficient (Wildman–Crippen LogP) is 5.78. The van der Waals surface area contributed by atoms with Gasteiger partial charge in [-0.3, -0.25) is 4.99 Å². The fourth-order valence-electron chi connectivity index (χ4n) is 3.26. The first-order chi connectivity index (χ1) is 11.7. The summed E-state index contributed by atoms with van der Waals surface area (Å²) in [7, 11) is 0. The molecule has 2 aromatic rings. The van der Waals surface area contributed by atoms with Crippen molar-refractivity contribution in [2.45, 2.75) is 26.4 Å². The van der Waals surface area contributed by atoms with Crippen molar-refractivity contribution in [1.29, 1.82) is 0 Å². The highest BCUT2D eigenvalue weighted by Crippen LogP contribution is 2.44. The van der Waals surface area contributed by atoms with Crippen LogP contribution in [0.3, 0.4) is 0 Å². The van der Waals surface area contributed by atoms with Gasteiger partial charge in [-0.2, -0.15) is 0 Å². The molecule has 0 unspecified atom stereocenters. The summed E-state index contributed by atoms with van der Waals surface area (Å²) in [6, 6.07) is 14.0. The van der Waals surface area contributed by atoms with E-state index in [4.69, 9.17) is 23.2 Å². The van der Waals surface area contributed by atoms with Crippen molar-refractivity contribution in [2.75, 3.05) is 22.9 Å². The zero-order valence-corrected chi connectivity index (χ0v) is 15.4. The monoisotopic (exact) mass is 361 g/mol. The fraction of sp³-hybridized carbons (Fsp3) is 0.316. The van der Waals surface area contributed by atoms with Crippen molar-refractivity contribution in [1.82, 2.24) is 0 Å². The Morgan fingerprint density at radius 3 is 2.00 bits per heavy atom. The molecule has 3 rings (SSSR count). The lowest BCUT2D eigenvalue weighted by Gasteiger charge is -2.30. The summed E-state index contributed by atoms with van der Waals surface area (Å²) in [6.45, 7) is 6.14. The van der Waals surface area contributed by atoms with Crippen LogP contribution in [0.1, 0.15) is 20.3 Å². The molecule has 24 heavy (non-hydrogen) atoms. The molecule has 0 atom stereocenters. The van der Waals surface area contributed by atoms with Crippen LogP contribution in [0.4, 0.5) is 17.1 Å². The zero-order valence-electron chi connectivity index (χ0n) is 13.9. The smallest absolute Gasteiger partial charge is 0.107 e. The maximum absolute atomic E-state index is 6.23. The quantitative estimate of drug-likeness (QED) is 0.628. The summed E-state index contributed by atoms with van der Waals surface area (Å²) in [5, 5.41) is 1.20. The number of aliphatic imine (C=N–C) groups is 1. The number of hydrogen-bond acceptors (Lipinski definition) is 3. The van der Waals surface area contributed by atoms with E-state index in [-0.39, 0.29) is 6.17 Å². The average molecular weight is 362 g/mol. The maximum atomic E-state index is 6.23. The second kappa shape index (κ2) is 7.45. The van der Waals surface area contributed by atoms with E-state index in [1.165, 1.54) is 0 Å². The number of anilines is 2. The summed E-state index contributed by atoms with van der Waals surface area (Å²) in [6.07, 6.45) is 3.07. The first-order valence-corrected chi connectivity index (χ1v) is 9.01. The minimum absolute atomic E-state index is 0.233. The van der Waals surface area contributed by atoms with Gasteiger partial charge in [0.15, 0.2) is 0 Å². The van der Waals surface area contributed by atoms with E-state index in [1.54, 1.807) is 0 Å². The topological polar surface area (TPSA) is 18.8 Å². The van der Waals surface area contributed by atoms with E-state index in [0.717, 1.165) is 36.6 Å². The lowest BCUT2D eigenvalue weighted by atomic mass is 10.2. The van der Waals surface area contributed by atoms with Gasteiger partial charge in [0.25, 0.3) is 0 Å². The van der Waals surface area contributed by atoms with Crippen molar-refractivity contribution < 1.29 is 0 Å². The van der Waals surface area contributed by atoms with Gasteiger partial charge in [-0.25, -0.2) is 0 Å². The van der Waals surface area contributed by atoms with Crippen LogP contribution in [-0.2, 0) is 0 Å². The number of rotatable bonds is 5. The van der Waals surface area contributed by atoms with Crippen molar-refractivity contribution in [3.63, 3.8) is 0 Å². The van der Waals surface area contributed by atoms with Gasteiger partial charge in [0.2, 0.25) is 0 Å². The molecule has 0 spiro atoms. The molecule has 2 aromatic carbocycles. The summed E-state index contributed by atoms with van der Waals surface area (Å²) < 4.78 is 0. The van der Waals surface area contributed by atoms with Crippen LogP contribution in [0, 0.1) is 0 Å². The Morgan fingerprint density at radius 1 is 0.958 bits per heavy atom. The first-order valence-electron chi connectivity index (χ1n) is 8.25. The van der Waals surface area contributed by atoms with Gasteiger partial charge in [0.1, 0.15) is 6.17 Å². The molecule has 0 bridgehead atoms. The van der Waals surface area contributed by atoms with E-state index in [0.29, 0.717) is 10.0 Å². The van der Waals surface area contributed by atoms with Crippen molar-refractivity contribution >= 4 is 46.5 Å². The fourth-order valence-corrected chi connectivity index (χ4v) is 3.57. The molecule has 0 fully saturated rings. The number of benzene rings is 2. The van der Waals surface area contributed by atoms with Crippen LogP contribution in [0.25, 0.3) is 0 Å². The molecular weight excluding hydrogens is 341 g/mol. The van der Waals surface area contributed by atoms with E-state index >= 15 is 0 Å². The molecule has 1 aliphatic heterocycles. The van der Waals surface area contributed by atoms with Crippen LogP contribution in [-0.4, -0.2) is 25.5 Å². The van der Waals surface area contributed by atoms with Gasteiger partial charge in [-0.05, 0) is 38.1 Å². The normalized spacial score (nSPS) is 14.7. The third-order valence-corrected chi connectivity index (χ3v) is 5.07. The van der Waals surface area contributed by atoms with E-state index in [1.807, 2.05) is 48.7 Å². The van der Waals surface area contributed by atoms with E-state index in [2.05, 4.69) is 28.6 Å². The molecule has 0 saturated carbocycles. The number of para-hydroxylation sites is 1. The molecule has 0 saturated heterocycles. The van der Waals surface area contributed by atoms with Crippen LogP contribution in [0.2, 0.25) is 10.0 Å². The molecule has 1 aliphatic rings. The minimum atomic E-state index is 0.233. The number of nitrogens with zero attached hydrogens (tertiary/aromatic N) is 3. The molecule has 0 aliphatic carbocycles. The Balaban J connectivity index is 1.86. The third kappa shape index (κ3) is 3.24. The van der Waals surface area contributed by atoms with Crippen LogP contribution >= 0.6 is 23.2 Å². The van der Waals surface area contributed by atoms with Gasteiger partial charge in [-0.1, -0.05) is 41.4 Å². The van der Waals surface area contributed by atoms with Gasteiger partial charge in [-0.15, -0.1) is 0 Å². The summed E-state index contributed by atoms with van der Waals surface area (Å²) in [5.74, 6) is 0. The zero-order chi connectivity index (χ0) is 17.1. The van der Waals surface area contributed by atoms with E-state index in [9.17, 15) is 0 Å². The Bertz CT molecular complexity index is 694. The second-order valence-corrected chi connectivity index (χ2v) is 6.51. The van der Waals surface area contributed by atoms with Crippen molar-refractivity contribution in [2.24, 2.45) is 4.99 Å². The third-order valence-electron chi connectivity index (χ3n) is 4.35. The van der Waals surface area contributed by atoms with Gasteiger partial charge >= 0.3 is 0 Å². The van der Waals surface area contributed by atoms with Gasteiger partial charge in [0.05, 0.1) is 27.1 Å². The Labute approximate surface area is 153 Å². The second-order valence-electron chi connectivity index (χ2n) is 5.69. The van der Waals surface area contributed by atoms with Crippen LogP contribution in [0.15, 0.2) is 47.5 Å². The molecule has 0 amide bonds. The Kier molecular flexibility index (Phi) is 5.32. The van der Waals surface area contributed by atoms with Crippen molar-refractivity contribution in [3.05, 3.63) is 52.5 Å². The molecule has 0 radical (unpaired) electrons. The first kappa shape index (κ1) is 17.1. The molecule has 0 aromatic heterocycles. The highest BCUT2D eigenvalue weighted by atomic mass is 35.5. The van der Waals surface area contributed by atoms with E-state index < -0.39 is 0 Å². The predicted molar refractivity (Wildman–Crippen MR) is 106 cm³/mol. The van der Waals surface area contributed by atoms with Crippen molar-refractivity contribution in [3.8, 4) is 0 Å². The van der Waals surface area contributed by atoms with Crippen LogP contribution in [0.5, 0.6) is 0 Å². The molecular formula is C19H21Cl2N3. The lowest BCUT2D eigenvalue weighted by Crippen LogP contribution is -2.43. The highest BCUT2D eigenvalue weighted by molar-refractivity contribution is 6.42. The Hall–Kier alpha value is -1.71. The Morgan fingerprint density at radius 2 is 1.50 bits per heavy atom. The number of halogens is 2. The lowest BCUT2D eigenvalue weighted by molar-refractivity contribution is 0.618. The highest BCUT2D eigenvalue weighted by Gasteiger charge is 2.34. The average Bonchev–Trinajstić information content (AvgIpc) is 2.88. The molecule has 3 nitrogen and oxygen atoms in total. The maximum Gasteiger partial charge on any atom is 0.107 e. The van der Waals surface area contributed by atoms with Crippen LogP contribution < -0.4 is 9.80 Å². The standard InChI is InChI=1S/C19H21Cl2N3/c1-3-23-17-12-15(20)16(21)13-18(17)24(4-2)19(23)10-11-22-14-8-6-5-7-9-14/h5-9,11-13,19H,3-4,10H2,1-2H3. The molecule has 126 valence electrons. The summed E-state index contributed by atoms with van der Waals surface area (Å²) >= 11 is 12.5. The SMILES string of the molecule is CCN1c2cc(Cl)c(Cl)cc2N(CC)C1CC=Nc1ccccc1. The molecule has 1 heterocycles. The number of fused-ring (bicyclic) bond motifs is 1. The summed E-state index contributed by atoms with van der Waals surface area (Å²) in [5.41, 5.74) is 3.27. The minimum Gasteiger partial charge on any atom is -0.349 e. The molecule has 0 N–H and O–H groups in total. The van der Waals surface area contributed by atoms with Gasteiger partial charge in [0, 0.05) is 25.7 Å². The molecule has 5 heteroatoms. The number of hydrogen-bond donors (Lipinski definition) is 0. The van der Waals surface area contributed by atoms with Gasteiger partial charge < -0.3 is 9.80 Å².